The number of hydrogen-bond donors (Lipinski definition) is 0. The molecular formula is C10H13F3O2. The van der Waals surface area contributed by atoms with Crippen LogP contribution in [0, 0.1) is 5.92 Å². The first kappa shape index (κ1) is 12.1. The van der Waals surface area contributed by atoms with Gasteiger partial charge in [-0.25, -0.2) is 0 Å². The molecule has 86 valence electrons. The van der Waals surface area contributed by atoms with Crippen molar-refractivity contribution in [3.63, 3.8) is 0 Å². The zero-order valence-electron chi connectivity index (χ0n) is 8.43. The summed E-state index contributed by atoms with van der Waals surface area (Å²) in [6.45, 7) is 0.461. The maximum atomic E-state index is 11.8. The number of carbonyl (C=O) groups excluding carboxylic acids is 1. The molecule has 0 aromatic rings. The Hall–Kier alpha value is -1.00. The molecule has 0 bridgehead atoms. The lowest BCUT2D eigenvalue weighted by Crippen LogP contribution is -2.25. The summed E-state index contributed by atoms with van der Waals surface area (Å²) in [5.41, 5.74) is 1.18. The molecule has 1 aliphatic rings. The summed E-state index contributed by atoms with van der Waals surface area (Å²) in [5, 5.41) is 0. The van der Waals surface area contributed by atoms with Crippen LogP contribution in [-0.2, 0) is 9.53 Å². The van der Waals surface area contributed by atoms with E-state index in [0.717, 1.165) is 6.42 Å². The van der Waals surface area contributed by atoms with Crippen LogP contribution in [0.15, 0.2) is 11.6 Å². The third-order valence-electron chi connectivity index (χ3n) is 2.35. The van der Waals surface area contributed by atoms with Crippen molar-refractivity contribution < 1.29 is 22.7 Å². The number of hydrogen-bond acceptors (Lipinski definition) is 2. The molecular weight excluding hydrogens is 209 g/mol. The molecule has 0 aromatic heterocycles. The van der Waals surface area contributed by atoms with E-state index in [2.05, 4.69) is 4.74 Å². The first-order chi connectivity index (χ1) is 6.88. The zero-order valence-corrected chi connectivity index (χ0v) is 8.43. The second kappa shape index (κ2) is 4.68. The van der Waals surface area contributed by atoms with Gasteiger partial charge in [0.2, 0.25) is 0 Å². The van der Waals surface area contributed by atoms with Crippen LogP contribution < -0.4 is 0 Å². The van der Waals surface area contributed by atoms with Crippen molar-refractivity contribution >= 4 is 5.97 Å². The summed E-state index contributed by atoms with van der Waals surface area (Å²) >= 11 is 0. The number of halogens is 3. The van der Waals surface area contributed by atoms with Crippen LogP contribution >= 0.6 is 0 Å². The quantitative estimate of drug-likeness (QED) is 0.530. The lowest BCUT2D eigenvalue weighted by molar-refractivity contribution is -0.189. The van der Waals surface area contributed by atoms with Crippen molar-refractivity contribution in [3.8, 4) is 0 Å². The van der Waals surface area contributed by atoms with Crippen molar-refractivity contribution in [1.29, 1.82) is 0 Å². The third kappa shape index (κ3) is 4.36. The summed E-state index contributed by atoms with van der Waals surface area (Å²) in [5.74, 6) is -1.15. The first-order valence-corrected chi connectivity index (χ1v) is 4.77. The van der Waals surface area contributed by atoms with Gasteiger partial charge in [-0.3, -0.25) is 4.79 Å². The van der Waals surface area contributed by atoms with E-state index in [1.165, 1.54) is 5.57 Å². The first-order valence-electron chi connectivity index (χ1n) is 4.77. The smallest absolute Gasteiger partial charge is 0.422 e. The third-order valence-corrected chi connectivity index (χ3v) is 2.35. The van der Waals surface area contributed by atoms with Crippen LogP contribution in [0.3, 0.4) is 0 Å². The van der Waals surface area contributed by atoms with Crippen molar-refractivity contribution in [2.45, 2.75) is 32.4 Å². The van der Waals surface area contributed by atoms with E-state index in [4.69, 9.17) is 0 Å². The molecule has 0 aromatic carbocycles. The Bertz CT molecular complexity index is 268. The maximum Gasteiger partial charge on any atom is 0.422 e. The van der Waals surface area contributed by atoms with Crippen LogP contribution in [-0.4, -0.2) is 18.8 Å². The number of rotatable bonds is 2. The Morgan fingerprint density at radius 2 is 2.27 bits per heavy atom. The Balaban J connectivity index is 2.36. The molecule has 0 N–H and O–H groups in total. The molecule has 0 heterocycles. The Labute approximate surface area is 86.1 Å². The summed E-state index contributed by atoms with van der Waals surface area (Å²) in [4.78, 5) is 11.2. The van der Waals surface area contributed by atoms with Crippen molar-refractivity contribution in [2.75, 3.05) is 6.61 Å². The Morgan fingerprint density at radius 1 is 1.60 bits per heavy atom. The Morgan fingerprint density at radius 3 is 2.73 bits per heavy atom. The van der Waals surface area contributed by atoms with Gasteiger partial charge in [-0.2, -0.15) is 13.2 Å². The van der Waals surface area contributed by atoms with Crippen LogP contribution in [0.25, 0.3) is 0 Å². The summed E-state index contributed by atoms with van der Waals surface area (Å²) < 4.78 is 39.5. The molecule has 0 aliphatic heterocycles. The number of alkyl halides is 3. The number of ether oxygens (including phenoxy) is 1. The fourth-order valence-electron chi connectivity index (χ4n) is 1.45. The number of carbonyl (C=O) groups is 1. The van der Waals surface area contributed by atoms with Crippen molar-refractivity contribution in [3.05, 3.63) is 11.6 Å². The van der Waals surface area contributed by atoms with Crippen LogP contribution in [0.4, 0.5) is 13.2 Å². The highest BCUT2D eigenvalue weighted by atomic mass is 19.4. The van der Waals surface area contributed by atoms with E-state index in [1.54, 1.807) is 0 Å². The average Bonchev–Trinajstić information content (AvgIpc) is 2.14. The topological polar surface area (TPSA) is 26.3 Å². The highest BCUT2D eigenvalue weighted by Crippen LogP contribution is 2.25. The SMILES string of the molecule is CC1=CC[C@H](C(=O)OCC(F)(F)F)CC1. The normalized spacial score (nSPS) is 22.1. The largest absolute Gasteiger partial charge is 0.456 e. The van der Waals surface area contributed by atoms with Crippen molar-refractivity contribution in [1.82, 2.24) is 0 Å². The van der Waals surface area contributed by atoms with E-state index in [0.29, 0.717) is 12.8 Å². The molecule has 1 aliphatic carbocycles. The van der Waals surface area contributed by atoms with Gasteiger partial charge in [-0.05, 0) is 26.2 Å². The van der Waals surface area contributed by atoms with Gasteiger partial charge >= 0.3 is 12.1 Å². The lowest BCUT2D eigenvalue weighted by atomic mass is 9.90. The van der Waals surface area contributed by atoms with E-state index < -0.39 is 24.7 Å². The monoisotopic (exact) mass is 222 g/mol. The van der Waals surface area contributed by atoms with Crippen LogP contribution in [0.5, 0.6) is 0 Å². The second-order valence-electron chi connectivity index (χ2n) is 3.74. The fourth-order valence-corrected chi connectivity index (χ4v) is 1.45. The summed E-state index contributed by atoms with van der Waals surface area (Å²) in [6, 6.07) is 0. The van der Waals surface area contributed by atoms with Gasteiger partial charge < -0.3 is 4.74 Å². The molecule has 0 unspecified atom stereocenters. The van der Waals surface area contributed by atoms with Gasteiger partial charge in [0.1, 0.15) is 0 Å². The molecule has 15 heavy (non-hydrogen) atoms. The van der Waals surface area contributed by atoms with Gasteiger partial charge in [-0.1, -0.05) is 11.6 Å². The minimum Gasteiger partial charge on any atom is -0.456 e. The van der Waals surface area contributed by atoms with E-state index in [-0.39, 0.29) is 0 Å². The van der Waals surface area contributed by atoms with Gasteiger partial charge in [0.25, 0.3) is 0 Å². The second-order valence-corrected chi connectivity index (χ2v) is 3.74. The molecule has 5 heteroatoms. The van der Waals surface area contributed by atoms with Gasteiger partial charge in [0, 0.05) is 0 Å². The maximum absolute atomic E-state index is 11.8. The molecule has 0 spiro atoms. The fraction of sp³-hybridized carbons (Fsp3) is 0.700. The number of esters is 1. The highest BCUT2D eigenvalue weighted by Gasteiger charge is 2.31. The molecule has 2 nitrogen and oxygen atoms in total. The number of allylic oxidation sites excluding steroid dienone is 2. The van der Waals surface area contributed by atoms with Crippen LogP contribution in [0.1, 0.15) is 26.2 Å². The summed E-state index contributed by atoms with van der Waals surface area (Å²) in [6.07, 6.45) is -0.730. The molecule has 1 atom stereocenters. The molecule has 0 amide bonds. The van der Waals surface area contributed by atoms with Gasteiger partial charge in [0.15, 0.2) is 6.61 Å². The van der Waals surface area contributed by atoms with Crippen LogP contribution in [0.2, 0.25) is 0 Å². The molecule has 0 saturated carbocycles. The predicted octanol–water partition coefficient (Wildman–Crippen LogP) is 2.84. The lowest BCUT2D eigenvalue weighted by Gasteiger charge is -2.19. The minimum absolute atomic E-state index is 0.406. The zero-order chi connectivity index (χ0) is 11.5. The van der Waals surface area contributed by atoms with E-state index in [1.807, 2.05) is 13.0 Å². The van der Waals surface area contributed by atoms with Gasteiger partial charge in [-0.15, -0.1) is 0 Å². The Kier molecular flexibility index (Phi) is 3.77. The molecule has 1 rings (SSSR count). The van der Waals surface area contributed by atoms with E-state index >= 15 is 0 Å². The molecule has 0 saturated heterocycles. The predicted molar refractivity (Wildman–Crippen MR) is 48.1 cm³/mol. The molecule has 0 radical (unpaired) electrons. The van der Waals surface area contributed by atoms with Gasteiger partial charge in [0.05, 0.1) is 5.92 Å². The average molecular weight is 222 g/mol. The van der Waals surface area contributed by atoms with Crippen molar-refractivity contribution in [2.24, 2.45) is 5.92 Å². The highest BCUT2D eigenvalue weighted by molar-refractivity contribution is 5.72. The van der Waals surface area contributed by atoms with E-state index in [9.17, 15) is 18.0 Å². The molecule has 0 fully saturated rings. The standard InChI is InChI=1S/C10H13F3O2/c1-7-2-4-8(5-3-7)9(14)15-6-10(11,12)13/h2,8H,3-6H2,1H3/t8-/m0/s1. The minimum atomic E-state index is -4.43. The summed E-state index contributed by atoms with van der Waals surface area (Å²) in [7, 11) is 0.